The van der Waals surface area contributed by atoms with Crippen molar-refractivity contribution in [3.8, 4) is 0 Å². The van der Waals surface area contributed by atoms with Gasteiger partial charge in [0.15, 0.2) is 37.4 Å². The normalized spacial score (nSPS) is 31.6. The number of ether oxygens (including phenoxy) is 12. The van der Waals surface area contributed by atoms with Crippen molar-refractivity contribution in [3.63, 3.8) is 0 Å². The molecular formula is C65H83N3O17. The molecule has 4 fully saturated rings. The van der Waals surface area contributed by atoms with E-state index in [-0.39, 0.29) is 37.2 Å². The van der Waals surface area contributed by atoms with Crippen LogP contribution in [0.4, 0.5) is 0 Å². The van der Waals surface area contributed by atoms with E-state index in [2.05, 4.69) is 10.0 Å². The molecule has 0 radical (unpaired) electrons. The quantitative estimate of drug-likeness (QED) is 0.0146. The molecular weight excluding hydrogens is 1090 g/mol. The van der Waals surface area contributed by atoms with E-state index in [1.807, 2.05) is 48.5 Å². The van der Waals surface area contributed by atoms with Gasteiger partial charge in [0.25, 0.3) is 0 Å². The number of hydrogen-bond donors (Lipinski definition) is 1. The van der Waals surface area contributed by atoms with E-state index in [4.69, 9.17) is 62.4 Å². The van der Waals surface area contributed by atoms with Gasteiger partial charge in [0.05, 0.1) is 58.9 Å². The van der Waals surface area contributed by atoms with Gasteiger partial charge in [0, 0.05) is 41.7 Å². The molecule has 20 heteroatoms. The van der Waals surface area contributed by atoms with E-state index in [9.17, 15) is 24.3 Å². The SMILES string of the molecule is CC[C@@H](C)C1OC(OC2C(C)C(COC(=O)c3ccccc3)OC(OC3C(OC(=O)c4ccccc4)C(OCCCCCN=[N+]=[N-])OC3[C@H](C)CC)C2C)C(OC(=O)c2ccccc2)C1OC1OC(COC(=O)c2ccccc2)C(C)C(O)C1C. The number of aliphatic hydroxyl groups is 1. The second kappa shape index (κ2) is 31.4. The maximum Gasteiger partial charge on any atom is 0.338 e. The number of rotatable bonds is 27. The van der Waals surface area contributed by atoms with E-state index >= 15 is 0 Å². The molecule has 8 rings (SSSR count). The van der Waals surface area contributed by atoms with Gasteiger partial charge in [-0.15, -0.1) is 0 Å². The lowest BCUT2D eigenvalue weighted by Gasteiger charge is -2.46. The topological polar surface area (TPSA) is 248 Å². The number of carbonyl (C=O) groups excluding carboxylic acids is 4. The summed E-state index contributed by atoms with van der Waals surface area (Å²) in [6, 6.07) is 34.3. The summed E-state index contributed by atoms with van der Waals surface area (Å²) in [6.45, 7) is 15.7. The molecule has 20 nitrogen and oxygen atoms in total. The Morgan fingerprint density at radius 3 is 1.38 bits per heavy atom. The van der Waals surface area contributed by atoms with Crippen LogP contribution in [0, 0.1) is 35.5 Å². The Labute approximate surface area is 497 Å². The first-order chi connectivity index (χ1) is 41.1. The molecule has 20 atom stereocenters. The number of aliphatic hydroxyl groups excluding tert-OH is 1. The van der Waals surface area contributed by atoms with Gasteiger partial charge >= 0.3 is 23.9 Å². The van der Waals surface area contributed by atoms with Crippen molar-refractivity contribution in [1.29, 1.82) is 0 Å². The van der Waals surface area contributed by atoms with Gasteiger partial charge in [-0.2, -0.15) is 0 Å². The average molecular weight is 1180 g/mol. The van der Waals surface area contributed by atoms with Gasteiger partial charge < -0.3 is 61.9 Å². The zero-order valence-corrected chi connectivity index (χ0v) is 49.8. The Morgan fingerprint density at radius 2 is 0.918 bits per heavy atom. The Balaban J connectivity index is 1.12. The maximum absolute atomic E-state index is 14.4. The lowest BCUT2D eigenvalue weighted by molar-refractivity contribution is -0.317. The lowest BCUT2D eigenvalue weighted by atomic mass is 9.85. The molecule has 4 aromatic carbocycles. The fourth-order valence-electron chi connectivity index (χ4n) is 11.3. The number of hydrogen-bond acceptors (Lipinski definition) is 18. The molecule has 4 aliphatic heterocycles. The highest BCUT2D eigenvalue weighted by molar-refractivity contribution is 5.91. The van der Waals surface area contributed by atoms with E-state index in [1.54, 1.807) is 128 Å². The van der Waals surface area contributed by atoms with Gasteiger partial charge in [-0.1, -0.05) is 153 Å². The van der Waals surface area contributed by atoms with Crippen LogP contribution < -0.4 is 0 Å². The van der Waals surface area contributed by atoms with E-state index in [1.165, 1.54) is 0 Å². The summed E-state index contributed by atoms with van der Waals surface area (Å²) in [7, 11) is 0. The molecule has 0 amide bonds. The third-order valence-corrected chi connectivity index (χ3v) is 17.0. The minimum Gasteiger partial charge on any atom is -0.459 e. The van der Waals surface area contributed by atoms with Gasteiger partial charge in [0.2, 0.25) is 0 Å². The molecule has 0 spiro atoms. The highest BCUT2D eigenvalue weighted by Crippen LogP contribution is 2.44. The summed E-state index contributed by atoms with van der Waals surface area (Å²) in [5.41, 5.74) is 10.1. The van der Waals surface area contributed by atoms with Crippen molar-refractivity contribution in [3.05, 3.63) is 154 Å². The van der Waals surface area contributed by atoms with Crippen LogP contribution in [0.3, 0.4) is 0 Å². The van der Waals surface area contributed by atoms with Crippen LogP contribution in [0.2, 0.25) is 0 Å². The Hall–Kier alpha value is -6.29. The number of benzene rings is 4. The summed E-state index contributed by atoms with van der Waals surface area (Å²) in [6.07, 6.45) is -10.6. The number of nitrogens with zero attached hydrogens (tertiary/aromatic N) is 3. The fourth-order valence-corrected chi connectivity index (χ4v) is 11.3. The van der Waals surface area contributed by atoms with Crippen molar-refractivity contribution >= 4 is 23.9 Å². The van der Waals surface area contributed by atoms with Gasteiger partial charge in [-0.3, -0.25) is 0 Å². The molecule has 4 aromatic rings. The second-order valence-electron chi connectivity index (χ2n) is 22.8. The van der Waals surface area contributed by atoms with Crippen LogP contribution in [-0.2, 0) is 56.8 Å². The van der Waals surface area contributed by atoms with Crippen molar-refractivity contribution in [1.82, 2.24) is 0 Å². The van der Waals surface area contributed by atoms with E-state index in [0.29, 0.717) is 55.3 Å². The van der Waals surface area contributed by atoms with Crippen molar-refractivity contribution in [2.24, 2.45) is 40.6 Å². The van der Waals surface area contributed by atoms with Crippen molar-refractivity contribution < 1.29 is 81.1 Å². The summed E-state index contributed by atoms with van der Waals surface area (Å²) >= 11 is 0. The first-order valence-corrected chi connectivity index (χ1v) is 30.0. The van der Waals surface area contributed by atoms with E-state index < -0.39 is 134 Å². The third-order valence-electron chi connectivity index (χ3n) is 17.0. The third kappa shape index (κ3) is 16.4. The summed E-state index contributed by atoms with van der Waals surface area (Å²) in [5.74, 6) is -5.06. The molecule has 85 heavy (non-hydrogen) atoms. The van der Waals surface area contributed by atoms with Crippen LogP contribution in [0.1, 0.15) is 129 Å². The Kier molecular flexibility index (Phi) is 23.9. The summed E-state index contributed by atoms with van der Waals surface area (Å²) < 4.78 is 79.6. The minimum atomic E-state index is -1.30. The highest BCUT2D eigenvalue weighted by atomic mass is 16.8. The van der Waals surface area contributed by atoms with E-state index in [0.717, 1.165) is 0 Å². The summed E-state index contributed by atoms with van der Waals surface area (Å²) in [4.78, 5) is 58.1. The second-order valence-corrected chi connectivity index (χ2v) is 22.8. The molecule has 4 aliphatic rings. The lowest BCUT2D eigenvalue weighted by Crippen LogP contribution is -2.57. The first kappa shape index (κ1) is 64.7. The zero-order chi connectivity index (χ0) is 60.6. The number of azide groups is 1. The molecule has 18 unspecified atom stereocenters. The Morgan fingerprint density at radius 1 is 0.506 bits per heavy atom. The molecule has 0 bridgehead atoms. The average Bonchev–Trinajstić information content (AvgIpc) is 2.93. The standard InChI is InChI=1S/C65H83N3O17/c1-9-38(3)51-54(56(79-60(72)46-30-20-13-21-31-46)64(81-51)74-35-25-15-24-34-67-68-66)85-63-43(8)53(41(6)49(78-63)37-76-59(71)45-28-18-12-19-29-45)83-65-57(80-61(73)47-32-22-14-23-33-47)55(52(82-65)39(4)10-2)84-62-42(7)50(69)40(5)48(77-62)36-75-58(70)44-26-16-11-17-27-44/h11-14,16-23,26-33,38-43,48-57,62-65,69H,9-10,15,24-25,34-37H2,1-8H3/t38-,39-,40?,41?,42?,43?,48?,49?,50?,51?,52?,53?,54?,55?,56?,57?,62?,63?,64?,65?/m1/s1. The van der Waals surface area contributed by atoms with Crippen LogP contribution in [-0.4, -0.2) is 142 Å². The van der Waals surface area contributed by atoms with Gasteiger partial charge in [0.1, 0.15) is 25.4 Å². The first-order valence-electron chi connectivity index (χ1n) is 30.0. The van der Waals surface area contributed by atoms with Crippen LogP contribution in [0.5, 0.6) is 0 Å². The molecule has 1 N–H and O–H groups in total. The fraction of sp³-hybridized carbons (Fsp3) is 0.569. The maximum atomic E-state index is 14.4. The van der Waals surface area contributed by atoms with Crippen LogP contribution in [0.15, 0.2) is 126 Å². The number of carbonyl (C=O) groups is 4. The summed E-state index contributed by atoms with van der Waals surface area (Å²) in [5, 5.41) is 15.4. The van der Waals surface area contributed by atoms with Crippen molar-refractivity contribution in [2.45, 2.75) is 174 Å². The monoisotopic (exact) mass is 1180 g/mol. The Bertz CT molecular complexity index is 2780. The zero-order valence-electron chi connectivity index (χ0n) is 49.8. The van der Waals surface area contributed by atoms with Crippen LogP contribution >= 0.6 is 0 Å². The largest absolute Gasteiger partial charge is 0.459 e. The van der Waals surface area contributed by atoms with Crippen molar-refractivity contribution in [2.75, 3.05) is 26.4 Å². The van der Waals surface area contributed by atoms with Gasteiger partial charge in [-0.25, -0.2) is 19.2 Å². The minimum absolute atomic E-state index is 0.144. The predicted molar refractivity (Wildman–Crippen MR) is 309 cm³/mol. The smallest absolute Gasteiger partial charge is 0.338 e. The number of unbranched alkanes of at least 4 members (excludes halogenated alkanes) is 2. The molecule has 0 aromatic heterocycles. The van der Waals surface area contributed by atoms with Crippen LogP contribution in [0.25, 0.3) is 10.4 Å². The molecule has 4 heterocycles. The predicted octanol–water partition coefficient (Wildman–Crippen LogP) is 10.7. The highest BCUT2D eigenvalue weighted by Gasteiger charge is 2.58. The molecule has 0 aliphatic carbocycles. The molecule has 4 saturated heterocycles. The molecule has 0 saturated carbocycles. The van der Waals surface area contributed by atoms with Gasteiger partial charge in [-0.05, 0) is 78.7 Å². The number of esters is 4. The molecule has 460 valence electrons.